The molecule has 4 nitrogen and oxygen atoms in total. The van der Waals surface area contributed by atoms with Crippen molar-refractivity contribution in [2.75, 3.05) is 18.5 Å². The fourth-order valence-electron chi connectivity index (χ4n) is 1.50. The minimum absolute atomic E-state index is 0.244. The van der Waals surface area contributed by atoms with Crippen molar-refractivity contribution >= 4 is 27.2 Å². The summed E-state index contributed by atoms with van der Waals surface area (Å²) in [6.45, 7) is 2.00. The van der Waals surface area contributed by atoms with Gasteiger partial charge in [0.15, 0.2) is 0 Å². The molecule has 86 valence electrons. The van der Waals surface area contributed by atoms with E-state index >= 15 is 0 Å². The maximum Gasteiger partial charge on any atom is 0.135 e. The molecule has 0 bridgehead atoms. The Kier molecular flexibility index (Phi) is 3.38. The number of aromatic nitrogens is 1. The predicted molar refractivity (Wildman–Crippen MR) is 65.9 cm³/mol. The van der Waals surface area contributed by atoms with Gasteiger partial charge < -0.3 is 15.5 Å². The molecule has 5 heteroatoms. The lowest BCUT2D eigenvalue weighted by molar-refractivity contribution is 0.105. The molecule has 2 aromatic rings. The number of nitrogens with one attached hydrogen (secondary N) is 1. The highest BCUT2D eigenvalue weighted by Gasteiger charge is 2.07. The fourth-order valence-corrected chi connectivity index (χ4v) is 2.38. The molecular formula is C11H14N2O2S. The number of aryl methyl sites for hydroxylation is 1. The van der Waals surface area contributed by atoms with E-state index in [-0.39, 0.29) is 6.61 Å². The second-order valence-electron chi connectivity index (χ2n) is 3.66. The van der Waals surface area contributed by atoms with Gasteiger partial charge in [0.05, 0.1) is 12.7 Å². The third kappa shape index (κ3) is 2.32. The standard InChI is InChI=1S/C11H14N2O2S/c1-7-4-10-9(2-3-16-10)11(13-7)12-5-8(15)6-14/h2-4,8,14-15H,5-6H2,1H3,(H,12,13)/t8-/m0/s1. The summed E-state index contributed by atoms with van der Waals surface area (Å²) in [6, 6.07) is 4.04. The molecule has 0 aliphatic heterocycles. The summed E-state index contributed by atoms with van der Waals surface area (Å²) >= 11 is 1.66. The van der Waals surface area contributed by atoms with Crippen LogP contribution in [0.5, 0.6) is 0 Å². The molecule has 0 radical (unpaired) electrons. The van der Waals surface area contributed by atoms with E-state index in [1.165, 1.54) is 4.70 Å². The molecule has 0 aliphatic carbocycles. The number of rotatable bonds is 4. The number of aliphatic hydroxyl groups excluding tert-OH is 2. The van der Waals surface area contributed by atoms with Gasteiger partial charge in [-0.3, -0.25) is 0 Å². The minimum Gasteiger partial charge on any atom is -0.394 e. The van der Waals surface area contributed by atoms with Crippen LogP contribution < -0.4 is 5.32 Å². The van der Waals surface area contributed by atoms with Gasteiger partial charge in [0, 0.05) is 22.3 Å². The molecule has 0 fully saturated rings. The van der Waals surface area contributed by atoms with E-state index in [2.05, 4.69) is 10.3 Å². The van der Waals surface area contributed by atoms with Crippen LogP contribution in [0.2, 0.25) is 0 Å². The predicted octanol–water partition coefficient (Wildman–Crippen LogP) is 1.37. The van der Waals surface area contributed by atoms with Crippen molar-refractivity contribution in [3.05, 3.63) is 23.2 Å². The summed E-state index contributed by atoms with van der Waals surface area (Å²) in [7, 11) is 0. The molecule has 0 saturated carbocycles. The van der Waals surface area contributed by atoms with Gasteiger partial charge in [-0.15, -0.1) is 11.3 Å². The first-order valence-corrected chi connectivity index (χ1v) is 5.96. The van der Waals surface area contributed by atoms with Crippen LogP contribution in [0.25, 0.3) is 10.1 Å². The average molecular weight is 238 g/mol. The summed E-state index contributed by atoms with van der Waals surface area (Å²) in [5.41, 5.74) is 0.941. The zero-order valence-electron chi connectivity index (χ0n) is 8.97. The highest BCUT2D eigenvalue weighted by molar-refractivity contribution is 7.17. The Hall–Kier alpha value is -1.17. The number of fused-ring (bicyclic) bond motifs is 1. The molecule has 16 heavy (non-hydrogen) atoms. The number of hydrogen-bond acceptors (Lipinski definition) is 5. The van der Waals surface area contributed by atoms with Gasteiger partial charge in [-0.25, -0.2) is 4.98 Å². The van der Waals surface area contributed by atoms with Crippen molar-refractivity contribution in [3.8, 4) is 0 Å². The molecule has 0 saturated heterocycles. The Morgan fingerprint density at radius 1 is 1.56 bits per heavy atom. The van der Waals surface area contributed by atoms with Crippen LogP contribution in [0.15, 0.2) is 17.5 Å². The van der Waals surface area contributed by atoms with Crippen LogP contribution in [0, 0.1) is 6.92 Å². The van der Waals surface area contributed by atoms with Crippen LogP contribution >= 0.6 is 11.3 Å². The quantitative estimate of drug-likeness (QED) is 0.752. The van der Waals surface area contributed by atoms with Gasteiger partial charge in [-0.1, -0.05) is 0 Å². The number of nitrogens with zero attached hydrogens (tertiary/aromatic N) is 1. The maximum absolute atomic E-state index is 9.27. The molecule has 3 N–H and O–H groups in total. The van der Waals surface area contributed by atoms with Crippen LogP contribution in [0.1, 0.15) is 5.69 Å². The van der Waals surface area contributed by atoms with Gasteiger partial charge in [-0.2, -0.15) is 0 Å². The van der Waals surface area contributed by atoms with Gasteiger partial charge in [0.25, 0.3) is 0 Å². The molecule has 1 atom stereocenters. The topological polar surface area (TPSA) is 65.4 Å². The van der Waals surface area contributed by atoms with Crippen molar-refractivity contribution in [3.63, 3.8) is 0 Å². The molecule has 2 heterocycles. The molecule has 0 aliphatic rings. The summed E-state index contributed by atoms with van der Waals surface area (Å²) in [4.78, 5) is 4.38. The van der Waals surface area contributed by atoms with Crippen molar-refractivity contribution in [1.82, 2.24) is 4.98 Å². The average Bonchev–Trinajstić information content (AvgIpc) is 2.73. The molecule has 0 spiro atoms. The minimum atomic E-state index is -0.754. The zero-order valence-corrected chi connectivity index (χ0v) is 9.79. The summed E-state index contributed by atoms with van der Waals surface area (Å²) in [5.74, 6) is 0.767. The summed E-state index contributed by atoms with van der Waals surface area (Å²) in [6.07, 6.45) is -0.754. The third-order valence-corrected chi connectivity index (χ3v) is 3.16. The zero-order chi connectivity index (χ0) is 11.5. The number of hydrogen-bond donors (Lipinski definition) is 3. The number of thiophene rings is 1. The second-order valence-corrected chi connectivity index (χ2v) is 4.61. The van der Waals surface area contributed by atoms with Gasteiger partial charge in [0.1, 0.15) is 5.82 Å². The van der Waals surface area contributed by atoms with Crippen LogP contribution in [0.4, 0.5) is 5.82 Å². The molecular weight excluding hydrogens is 224 g/mol. The van der Waals surface area contributed by atoms with Crippen molar-refractivity contribution in [2.45, 2.75) is 13.0 Å². The van der Waals surface area contributed by atoms with E-state index in [1.54, 1.807) is 11.3 Å². The molecule has 2 rings (SSSR count). The van der Waals surface area contributed by atoms with Crippen LogP contribution in [0.3, 0.4) is 0 Å². The Morgan fingerprint density at radius 2 is 2.38 bits per heavy atom. The normalized spacial score (nSPS) is 12.9. The number of aliphatic hydroxyl groups is 2. The SMILES string of the molecule is Cc1cc2sccc2c(NC[C@H](O)CO)n1. The highest BCUT2D eigenvalue weighted by Crippen LogP contribution is 2.27. The molecule has 0 aromatic carbocycles. The van der Waals surface area contributed by atoms with Crippen molar-refractivity contribution < 1.29 is 10.2 Å². The van der Waals surface area contributed by atoms with Gasteiger partial charge in [0.2, 0.25) is 0 Å². The van der Waals surface area contributed by atoms with Crippen molar-refractivity contribution in [2.24, 2.45) is 0 Å². The Morgan fingerprint density at radius 3 is 3.12 bits per heavy atom. The lowest BCUT2D eigenvalue weighted by Gasteiger charge is -2.10. The summed E-state index contributed by atoms with van der Waals surface area (Å²) < 4.78 is 1.17. The summed E-state index contributed by atoms with van der Waals surface area (Å²) in [5, 5.41) is 24.1. The maximum atomic E-state index is 9.27. The first-order valence-electron chi connectivity index (χ1n) is 5.08. The molecule has 0 unspecified atom stereocenters. The lowest BCUT2D eigenvalue weighted by atomic mass is 10.2. The van der Waals surface area contributed by atoms with Crippen LogP contribution in [-0.4, -0.2) is 34.5 Å². The van der Waals surface area contributed by atoms with Gasteiger partial charge in [-0.05, 0) is 24.4 Å². The first kappa shape index (κ1) is 11.3. The van der Waals surface area contributed by atoms with Crippen LogP contribution in [-0.2, 0) is 0 Å². The lowest BCUT2D eigenvalue weighted by Crippen LogP contribution is -2.23. The first-order chi connectivity index (χ1) is 7.70. The highest BCUT2D eigenvalue weighted by atomic mass is 32.1. The van der Waals surface area contributed by atoms with E-state index in [0.717, 1.165) is 16.9 Å². The third-order valence-electron chi connectivity index (χ3n) is 2.29. The van der Waals surface area contributed by atoms with E-state index < -0.39 is 6.10 Å². The number of pyridine rings is 1. The monoisotopic (exact) mass is 238 g/mol. The molecule has 0 amide bonds. The number of anilines is 1. The molecule has 2 aromatic heterocycles. The Bertz CT molecular complexity index is 484. The largest absolute Gasteiger partial charge is 0.394 e. The second kappa shape index (κ2) is 4.78. The fraction of sp³-hybridized carbons (Fsp3) is 0.364. The van der Waals surface area contributed by atoms with E-state index in [0.29, 0.717) is 6.54 Å². The van der Waals surface area contributed by atoms with Crippen molar-refractivity contribution in [1.29, 1.82) is 0 Å². The van der Waals surface area contributed by atoms with E-state index in [4.69, 9.17) is 5.11 Å². The van der Waals surface area contributed by atoms with E-state index in [1.807, 2.05) is 24.4 Å². The Balaban J connectivity index is 2.25. The Labute approximate surface area is 97.6 Å². The van der Waals surface area contributed by atoms with Gasteiger partial charge >= 0.3 is 0 Å². The smallest absolute Gasteiger partial charge is 0.135 e. The van der Waals surface area contributed by atoms with E-state index in [9.17, 15) is 5.11 Å².